The quantitative estimate of drug-likeness (QED) is 0.189. The van der Waals surface area contributed by atoms with E-state index in [0.29, 0.717) is 30.8 Å². The Morgan fingerprint density at radius 3 is 2.61 bits per heavy atom. The van der Waals surface area contributed by atoms with Crippen LogP contribution >= 0.6 is 0 Å². The molecule has 2 aromatic carbocycles. The van der Waals surface area contributed by atoms with E-state index < -0.39 is 0 Å². The summed E-state index contributed by atoms with van der Waals surface area (Å²) in [7, 11) is 1.66. The molecule has 10 heteroatoms. The van der Waals surface area contributed by atoms with Crippen molar-refractivity contribution in [1.82, 2.24) is 19.7 Å². The number of nitrogens with one attached hydrogen (secondary N) is 2. The zero-order valence-electron chi connectivity index (χ0n) is 20.7. The topological polar surface area (TPSA) is 149 Å². The van der Waals surface area contributed by atoms with Crippen molar-refractivity contribution < 1.29 is 9.84 Å². The van der Waals surface area contributed by atoms with Gasteiger partial charge < -0.3 is 31.9 Å². The third-order valence-corrected chi connectivity index (χ3v) is 5.95. The van der Waals surface area contributed by atoms with Gasteiger partial charge in [-0.2, -0.15) is 10.1 Å². The first-order valence-corrected chi connectivity index (χ1v) is 12.1. The van der Waals surface area contributed by atoms with Crippen LogP contribution in [0.4, 0.5) is 17.5 Å². The highest BCUT2D eigenvalue weighted by Gasteiger charge is 2.16. The fourth-order valence-electron chi connectivity index (χ4n) is 4.11. The number of hydrogen-bond acceptors (Lipinski definition) is 9. The second-order valence-corrected chi connectivity index (χ2v) is 8.68. The molecule has 0 aliphatic rings. The molecular formula is C26H34N8O2. The van der Waals surface area contributed by atoms with E-state index in [4.69, 9.17) is 21.3 Å². The number of benzene rings is 2. The summed E-state index contributed by atoms with van der Waals surface area (Å²) in [6, 6.07) is 14.2. The zero-order chi connectivity index (χ0) is 25.5. The number of hydrogen-bond donors (Lipinski definition) is 5. The molecule has 1 atom stereocenters. The Balaban J connectivity index is 1.52. The number of nitrogens with two attached hydrogens (primary N) is 2. The Bertz CT molecular complexity index is 1290. The molecular weight excluding hydrogens is 456 g/mol. The SMILES string of the molecule is CCCC(N)Nc1nc(N)nc2cnn(Cc3ccc(CNc4ccc(CCO)cc4)cc3OC)c12. The Morgan fingerprint density at radius 1 is 1.11 bits per heavy atom. The maximum absolute atomic E-state index is 9.07. The summed E-state index contributed by atoms with van der Waals surface area (Å²) in [5.74, 6) is 1.51. The molecule has 4 aromatic rings. The number of rotatable bonds is 12. The lowest BCUT2D eigenvalue weighted by Crippen LogP contribution is -2.30. The maximum atomic E-state index is 9.07. The predicted molar refractivity (Wildman–Crippen MR) is 143 cm³/mol. The molecule has 0 fully saturated rings. The van der Waals surface area contributed by atoms with Crippen LogP contribution in [-0.4, -0.2) is 44.7 Å². The number of anilines is 3. The number of methoxy groups -OCH3 is 1. The van der Waals surface area contributed by atoms with Gasteiger partial charge in [0, 0.05) is 24.4 Å². The van der Waals surface area contributed by atoms with Crippen LogP contribution in [-0.2, 0) is 19.5 Å². The van der Waals surface area contributed by atoms with Gasteiger partial charge in [0.15, 0.2) is 5.82 Å². The minimum Gasteiger partial charge on any atom is -0.496 e. The van der Waals surface area contributed by atoms with Crippen molar-refractivity contribution in [1.29, 1.82) is 0 Å². The maximum Gasteiger partial charge on any atom is 0.222 e. The minimum absolute atomic E-state index is 0.151. The largest absolute Gasteiger partial charge is 0.496 e. The van der Waals surface area contributed by atoms with Crippen LogP contribution in [0.2, 0.25) is 0 Å². The Morgan fingerprint density at radius 2 is 1.89 bits per heavy atom. The molecule has 7 N–H and O–H groups in total. The van der Waals surface area contributed by atoms with Crippen molar-refractivity contribution in [3.8, 4) is 5.75 Å². The van der Waals surface area contributed by atoms with Gasteiger partial charge in [0.2, 0.25) is 5.95 Å². The second kappa shape index (κ2) is 11.7. The lowest BCUT2D eigenvalue weighted by molar-refractivity contribution is 0.299. The summed E-state index contributed by atoms with van der Waals surface area (Å²) < 4.78 is 7.54. The standard InChI is InChI=1S/C26H34N8O2/c1-3-4-23(27)32-25-24-21(31-26(28)33-25)15-30-34(24)16-19-8-5-18(13-22(19)36-2)14-29-20-9-6-17(7-10-20)11-12-35/h5-10,13,15,23,29,35H,3-4,11-12,14,16,27H2,1-2H3,(H3,28,31,32,33). The average molecular weight is 491 g/mol. The molecule has 0 radical (unpaired) electrons. The van der Waals surface area contributed by atoms with Crippen LogP contribution in [0.25, 0.3) is 11.0 Å². The van der Waals surface area contributed by atoms with E-state index in [-0.39, 0.29) is 18.7 Å². The molecule has 1 unspecified atom stereocenters. The molecule has 0 saturated heterocycles. The van der Waals surface area contributed by atoms with Crippen LogP contribution in [0.1, 0.15) is 36.5 Å². The van der Waals surface area contributed by atoms with Crippen molar-refractivity contribution in [2.45, 2.75) is 45.4 Å². The van der Waals surface area contributed by atoms with Gasteiger partial charge in [-0.15, -0.1) is 0 Å². The molecule has 0 aliphatic heterocycles. The molecule has 0 saturated carbocycles. The lowest BCUT2D eigenvalue weighted by Gasteiger charge is -2.16. The minimum atomic E-state index is -0.247. The fraction of sp³-hybridized carbons (Fsp3) is 0.346. The molecule has 2 heterocycles. The van der Waals surface area contributed by atoms with E-state index >= 15 is 0 Å². The summed E-state index contributed by atoms with van der Waals surface area (Å²) >= 11 is 0. The molecule has 4 rings (SSSR count). The van der Waals surface area contributed by atoms with E-state index in [1.54, 1.807) is 13.3 Å². The van der Waals surface area contributed by atoms with Gasteiger partial charge in [-0.3, -0.25) is 4.68 Å². The van der Waals surface area contributed by atoms with Gasteiger partial charge in [0.1, 0.15) is 16.8 Å². The van der Waals surface area contributed by atoms with Crippen LogP contribution in [0.5, 0.6) is 5.75 Å². The normalized spacial score (nSPS) is 12.0. The van der Waals surface area contributed by atoms with E-state index in [1.807, 2.05) is 41.1 Å². The van der Waals surface area contributed by atoms with Crippen molar-refractivity contribution in [3.63, 3.8) is 0 Å². The first-order valence-electron chi connectivity index (χ1n) is 12.1. The van der Waals surface area contributed by atoms with Crippen molar-refractivity contribution in [3.05, 3.63) is 65.4 Å². The van der Waals surface area contributed by atoms with E-state index in [9.17, 15) is 0 Å². The molecule has 2 aromatic heterocycles. The van der Waals surface area contributed by atoms with Crippen LogP contribution < -0.4 is 26.8 Å². The number of nitrogen functional groups attached to an aromatic ring is 1. The monoisotopic (exact) mass is 490 g/mol. The molecule has 0 spiro atoms. The van der Waals surface area contributed by atoms with Gasteiger partial charge in [-0.05, 0) is 42.2 Å². The van der Waals surface area contributed by atoms with Gasteiger partial charge >= 0.3 is 0 Å². The van der Waals surface area contributed by atoms with Crippen LogP contribution in [0.3, 0.4) is 0 Å². The fourth-order valence-corrected chi connectivity index (χ4v) is 4.11. The highest BCUT2D eigenvalue weighted by Crippen LogP contribution is 2.26. The van der Waals surface area contributed by atoms with E-state index in [2.05, 4.69) is 38.7 Å². The number of aromatic nitrogens is 4. The summed E-state index contributed by atoms with van der Waals surface area (Å²) in [5, 5.41) is 20.3. The number of nitrogens with zero attached hydrogens (tertiary/aromatic N) is 4. The highest BCUT2D eigenvalue weighted by molar-refractivity contribution is 5.86. The molecule has 0 amide bonds. The molecule has 0 bridgehead atoms. The van der Waals surface area contributed by atoms with Crippen LogP contribution in [0, 0.1) is 0 Å². The van der Waals surface area contributed by atoms with Crippen LogP contribution in [0.15, 0.2) is 48.7 Å². The van der Waals surface area contributed by atoms with Gasteiger partial charge in [-0.1, -0.05) is 37.6 Å². The van der Waals surface area contributed by atoms with Crippen molar-refractivity contribution in [2.24, 2.45) is 5.73 Å². The Kier molecular flexibility index (Phi) is 8.19. The van der Waals surface area contributed by atoms with Gasteiger partial charge in [-0.25, -0.2) is 4.98 Å². The molecule has 0 aliphatic carbocycles. The molecule has 190 valence electrons. The predicted octanol–water partition coefficient (Wildman–Crippen LogP) is 3.11. The van der Waals surface area contributed by atoms with Crippen molar-refractivity contribution in [2.75, 3.05) is 30.1 Å². The first-order chi connectivity index (χ1) is 17.5. The number of aliphatic hydroxyl groups is 1. The number of aliphatic hydroxyl groups excluding tert-OH is 1. The summed E-state index contributed by atoms with van der Waals surface area (Å²) in [6.45, 7) is 3.35. The lowest BCUT2D eigenvalue weighted by atomic mass is 10.1. The first kappa shape index (κ1) is 25.2. The van der Waals surface area contributed by atoms with Gasteiger partial charge in [0.05, 0.1) is 26.0 Å². The summed E-state index contributed by atoms with van der Waals surface area (Å²) in [6.07, 6.45) is 3.84. The summed E-state index contributed by atoms with van der Waals surface area (Å²) in [4.78, 5) is 8.71. The molecule has 10 nitrogen and oxygen atoms in total. The Hall–Kier alpha value is -3.89. The summed E-state index contributed by atoms with van der Waals surface area (Å²) in [5.41, 5.74) is 17.7. The third kappa shape index (κ3) is 6.02. The zero-order valence-corrected chi connectivity index (χ0v) is 20.7. The second-order valence-electron chi connectivity index (χ2n) is 8.68. The van der Waals surface area contributed by atoms with E-state index in [1.165, 1.54) is 0 Å². The third-order valence-electron chi connectivity index (χ3n) is 5.95. The Labute approximate surface area is 210 Å². The average Bonchev–Trinajstić information content (AvgIpc) is 3.27. The highest BCUT2D eigenvalue weighted by atomic mass is 16.5. The number of fused-ring (bicyclic) bond motifs is 1. The smallest absolute Gasteiger partial charge is 0.222 e. The van der Waals surface area contributed by atoms with E-state index in [0.717, 1.165) is 46.5 Å². The van der Waals surface area contributed by atoms with Crippen molar-refractivity contribution >= 4 is 28.5 Å². The molecule has 36 heavy (non-hydrogen) atoms. The van der Waals surface area contributed by atoms with Gasteiger partial charge in [0.25, 0.3) is 0 Å². The number of ether oxygens (including phenoxy) is 1.